The van der Waals surface area contributed by atoms with Gasteiger partial charge in [0, 0.05) is 19.6 Å². The van der Waals surface area contributed by atoms with Crippen LogP contribution < -0.4 is 0 Å². The normalized spacial score (nSPS) is 35.5. The van der Waals surface area contributed by atoms with Gasteiger partial charge in [0.25, 0.3) is 0 Å². The summed E-state index contributed by atoms with van der Waals surface area (Å²) in [5.41, 5.74) is 0. The Bertz CT molecular complexity index is 183. The molecule has 0 aromatic rings. The van der Waals surface area contributed by atoms with Gasteiger partial charge in [0.2, 0.25) is 0 Å². The predicted octanol–water partition coefficient (Wildman–Crippen LogP) is 1.41. The molecule has 74 valence electrons. The molecule has 0 spiro atoms. The van der Waals surface area contributed by atoms with E-state index >= 15 is 0 Å². The number of aliphatic hydroxyl groups excluding tert-OH is 1. The Hall–Kier alpha value is -0.340. The van der Waals surface area contributed by atoms with E-state index in [1.54, 1.807) is 0 Å². The zero-order valence-electron chi connectivity index (χ0n) is 8.15. The van der Waals surface area contributed by atoms with E-state index in [2.05, 4.69) is 17.1 Å². The van der Waals surface area contributed by atoms with E-state index in [-0.39, 0.29) is 6.10 Å². The lowest BCUT2D eigenvalue weighted by atomic mass is 9.87. The van der Waals surface area contributed by atoms with Crippen LogP contribution in [0.4, 0.5) is 0 Å². The van der Waals surface area contributed by atoms with Gasteiger partial charge >= 0.3 is 0 Å². The summed E-state index contributed by atoms with van der Waals surface area (Å²) in [4.78, 5) is 2.46. The molecule has 2 unspecified atom stereocenters. The lowest BCUT2D eigenvalue weighted by Crippen LogP contribution is -2.31. The summed E-state index contributed by atoms with van der Waals surface area (Å²) in [5.74, 6) is 0.739. The maximum atomic E-state index is 9.52. The van der Waals surface area contributed by atoms with E-state index in [0.29, 0.717) is 0 Å². The fourth-order valence-corrected chi connectivity index (χ4v) is 2.46. The van der Waals surface area contributed by atoms with Crippen molar-refractivity contribution >= 4 is 0 Å². The molecule has 0 aromatic carbocycles. The molecule has 2 aliphatic rings. The molecule has 0 amide bonds. The molecule has 0 aromatic heterocycles. The van der Waals surface area contributed by atoms with E-state index < -0.39 is 0 Å². The highest BCUT2D eigenvalue weighted by Crippen LogP contribution is 2.25. The van der Waals surface area contributed by atoms with Gasteiger partial charge in [0.15, 0.2) is 0 Å². The van der Waals surface area contributed by atoms with E-state index in [1.165, 1.54) is 19.4 Å². The zero-order chi connectivity index (χ0) is 9.10. The van der Waals surface area contributed by atoms with Crippen molar-refractivity contribution in [3.63, 3.8) is 0 Å². The quantitative estimate of drug-likeness (QED) is 0.651. The van der Waals surface area contributed by atoms with Gasteiger partial charge in [-0.3, -0.25) is 4.90 Å². The summed E-state index contributed by atoms with van der Waals surface area (Å²) in [6.07, 6.45) is 9.03. The van der Waals surface area contributed by atoms with Crippen LogP contribution in [0.5, 0.6) is 0 Å². The summed E-state index contributed by atoms with van der Waals surface area (Å²) in [6.45, 7) is 3.42. The van der Waals surface area contributed by atoms with Gasteiger partial charge in [-0.1, -0.05) is 18.6 Å². The molecule has 1 heterocycles. The molecule has 2 atom stereocenters. The van der Waals surface area contributed by atoms with Crippen LogP contribution >= 0.6 is 0 Å². The molecular weight excluding hydrogens is 162 g/mol. The number of nitrogens with zero attached hydrogens (tertiary/aromatic N) is 1. The smallest absolute Gasteiger partial charge is 0.0543 e. The summed E-state index contributed by atoms with van der Waals surface area (Å²) >= 11 is 0. The molecule has 1 saturated carbocycles. The molecule has 1 fully saturated rings. The van der Waals surface area contributed by atoms with Crippen molar-refractivity contribution in [1.82, 2.24) is 4.90 Å². The van der Waals surface area contributed by atoms with Crippen molar-refractivity contribution in [2.75, 3.05) is 19.6 Å². The molecule has 0 saturated heterocycles. The number of rotatable bonds is 2. The van der Waals surface area contributed by atoms with Crippen molar-refractivity contribution in [2.45, 2.75) is 31.8 Å². The highest BCUT2D eigenvalue weighted by atomic mass is 16.3. The minimum atomic E-state index is -0.0192. The Morgan fingerprint density at radius 2 is 2.00 bits per heavy atom. The van der Waals surface area contributed by atoms with Crippen LogP contribution in [0.2, 0.25) is 0 Å². The van der Waals surface area contributed by atoms with Gasteiger partial charge in [-0.2, -0.15) is 0 Å². The molecule has 1 aliphatic heterocycles. The van der Waals surface area contributed by atoms with Crippen molar-refractivity contribution < 1.29 is 5.11 Å². The number of aliphatic hydroxyl groups is 1. The Morgan fingerprint density at radius 1 is 1.23 bits per heavy atom. The summed E-state index contributed by atoms with van der Waals surface area (Å²) in [6, 6.07) is 0. The van der Waals surface area contributed by atoms with Crippen LogP contribution in [0.15, 0.2) is 12.2 Å². The van der Waals surface area contributed by atoms with Crippen LogP contribution in [-0.4, -0.2) is 35.7 Å². The lowest BCUT2D eigenvalue weighted by molar-refractivity contribution is 0.0886. The molecule has 0 radical (unpaired) electrons. The van der Waals surface area contributed by atoms with Crippen molar-refractivity contribution in [1.29, 1.82) is 0 Å². The van der Waals surface area contributed by atoms with Gasteiger partial charge in [-0.25, -0.2) is 0 Å². The summed E-state index contributed by atoms with van der Waals surface area (Å²) in [7, 11) is 0. The van der Waals surface area contributed by atoms with Crippen molar-refractivity contribution in [3.05, 3.63) is 12.2 Å². The Kier molecular flexibility index (Phi) is 3.01. The third kappa shape index (κ3) is 2.55. The lowest BCUT2D eigenvalue weighted by Gasteiger charge is -2.29. The van der Waals surface area contributed by atoms with Gasteiger partial charge in [0.05, 0.1) is 6.10 Å². The van der Waals surface area contributed by atoms with Crippen molar-refractivity contribution in [2.24, 2.45) is 5.92 Å². The van der Waals surface area contributed by atoms with E-state index in [1.807, 2.05) is 0 Å². The standard InChI is InChI=1S/C11H19NO/c13-11-5-3-4-10(8-11)9-12-6-1-2-7-12/h1-2,10-11,13H,3-9H2. The van der Waals surface area contributed by atoms with Crippen LogP contribution in [0, 0.1) is 5.92 Å². The highest BCUT2D eigenvalue weighted by molar-refractivity contribution is 4.95. The van der Waals surface area contributed by atoms with Crippen LogP contribution in [0.1, 0.15) is 25.7 Å². The molecule has 2 heteroatoms. The third-order valence-corrected chi connectivity index (χ3v) is 3.17. The first-order valence-electron chi connectivity index (χ1n) is 5.40. The monoisotopic (exact) mass is 181 g/mol. The molecule has 1 N–H and O–H groups in total. The minimum absolute atomic E-state index is 0.0192. The summed E-state index contributed by atoms with van der Waals surface area (Å²) in [5, 5.41) is 9.52. The second-order valence-electron chi connectivity index (χ2n) is 4.38. The third-order valence-electron chi connectivity index (χ3n) is 3.17. The molecule has 0 bridgehead atoms. The van der Waals surface area contributed by atoms with Crippen LogP contribution in [-0.2, 0) is 0 Å². The van der Waals surface area contributed by atoms with Gasteiger partial charge in [-0.15, -0.1) is 0 Å². The fraction of sp³-hybridized carbons (Fsp3) is 0.818. The van der Waals surface area contributed by atoms with Crippen LogP contribution in [0.3, 0.4) is 0 Å². The van der Waals surface area contributed by atoms with E-state index in [0.717, 1.165) is 31.8 Å². The maximum Gasteiger partial charge on any atom is 0.0543 e. The topological polar surface area (TPSA) is 23.5 Å². The Labute approximate surface area is 80.2 Å². The molecule has 1 aliphatic carbocycles. The average molecular weight is 181 g/mol. The van der Waals surface area contributed by atoms with E-state index in [9.17, 15) is 5.11 Å². The van der Waals surface area contributed by atoms with Gasteiger partial charge < -0.3 is 5.11 Å². The first-order valence-corrected chi connectivity index (χ1v) is 5.40. The highest BCUT2D eigenvalue weighted by Gasteiger charge is 2.22. The second-order valence-corrected chi connectivity index (χ2v) is 4.38. The molecule has 2 nitrogen and oxygen atoms in total. The SMILES string of the molecule is OC1CCCC(CN2CC=CC2)C1. The molecule has 2 rings (SSSR count). The van der Waals surface area contributed by atoms with Crippen LogP contribution in [0.25, 0.3) is 0 Å². The fourth-order valence-electron chi connectivity index (χ4n) is 2.46. The maximum absolute atomic E-state index is 9.52. The first-order chi connectivity index (χ1) is 6.34. The Balaban J connectivity index is 1.74. The summed E-state index contributed by atoms with van der Waals surface area (Å²) < 4.78 is 0. The first kappa shape index (κ1) is 9.22. The van der Waals surface area contributed by atoms with Crippen molar-refractivity contribution in [3.8, 4) is 0 Å². The average Bonchev–Trinajstić information content (AvgIpc) is 2.57. The molecule has 13 heavy (non-hydrogen) atoms. The number of hydrogen-bond acceptors (Lipinski definition) is 2. The zero-order valence-corrected chi connectivity index (χ0v) is 8.15. The molecular formula is C11H19NO. The predicted molar refractivity (Wildman–Crippen MR) is 53.5 cm³/mol. The second kappa shape index (κ2) is 4.25. The van der Waals surface area contributed by atoms with Gasteiger partial charge in [-0.05, 0) is 25.2 Å². The minimum Gasteiger partial charge on any atom is -0.393 e. The number of hydrogen-bond donors (Lipinski definition) is 1. The van der Waals surface area contributed by atoms with Gasteiger partial charge in [0.1, 0.15) is 0 Å². The largest absolute Gasteiger partial charge is 0.393 e. The van der Waals surface area contributed by atoms with E-state index in [4.69, 9.17) is 0 Å². The Morgan fingerprint density at radius 3 is 2.69 bits per heavy atom.